The Hall–Kier alpha value is -3.20. The van der Waals surface area contributed by atoms with E-state index in [0.29, 0.717) is 37.4 Å². The van der Waals surface area contributed by atoms with Crippen LogP contribution in [-0.2, 0) is 0 Å². The van der Waals surface area contributed by atoms with Gasteiger partial charge in [0, 0.05) is 32.0 Å². The number of piperidine rings is 1. The summed E-state index contributed by atoms with van der Waals surface area (Å²) in [6.07, 6.45) is 6.10. The van der Waals surface area contributed by atoms with Crippen molar-refractivity contribution < 1.29 is 18.7 Å². The van der Waals surface area contributed by atoms with Crippen molar-refractivity contribution in [2.24, 2.45) is 0 Å². The molecule has 1 aliphatic heterocycles. The molecule has 0 atom stereocenters. The van der Waals surface area contributed by atoms with Crippen molar-refractivity contribution in [2.75, 3.05) is 18.8 Å². The van der Waals surface area contributed by atoms with Crippen LogP contribution in [-0.4, -0.2) is 29.7 Å². The van der Waals surface area contributed by atoms with Crippen molar-refractivity contribution >= 4 is 11.8 Å². The SMILES string of the molecule is C#CC1(Oc2ccc(F)cc2N)CCN(C(=O)Oc2ccccc2)CC1. The lowest BCUT2D eigenvalue weighted by Crippen LogP contribution is -2.49. The van der Waals surface area contributed by atoms with E-state index in [2.05, 4.69) is 5.92 Å². The molecular weight excluding hydrogens is 335 g/mol. The number of para-hydroxylation sites is 1. The molecule has 3 rings (SSSR count). The molecule has 2 N–H and O–H groups in total. The molecule has 1 fully saturated rings. The molecule has 1 aliphatic rings. The van der Waals surface area contributed by atoms with Gasteiger partial charge < -0.3 is 20.1 Å². The van der Waals surface area contributed by atoms with Crippen molar-refractivity contribution in [2.45, 2.75) is 18.4 Å². The minimum absolute atomic E-state index is 0.186. The van der Waals surface area contributed by atoms with Crippen LogP contribution in [0.25, 0.3) is 0 Å². The second-order valence-electron chi connectivity index (χ2n) is 6.09. The molecule has 0 radical (unpaired) electrons. The molecule has 1 saturated heterocycles. The van der Waals surface area contributed by atoms with Crippen molar-refractivity contribution in [1.82, 2.24) is 4.90 Å². The molecule has 134 valence electrons. The number of ether oxygens (including phenoxy) is 2. The molecule has 26 heavy (non-hydrogen) atoms. The fraction of sp³-hybridized carbons (Fsp3) is 0.250. The number of nitrogens with zero attached hydrogens (tertiary/aromatic N) is 1. The van der Waals surface area contributed by atoms with Gasteiger partial charge in [-0.1, -0.05) is 24.1 Å². The van der Waals surface area contributed by atoms with Crippen LogP contribution in [0, 0.1) is 18.2 Å². The fourth-order valence-electron chi connectivity index (χ4n) is 2.80. The number of carbonyl (C=O) groups excluding carboxylic acids is 1. The molecule has 0 unspecified atom stereocenters. The van der Waals surface area contributed by atoms with E-state index in [1.807, 2.05) is 6.07 Å². The lowest BCUT2D eigenvalue weighted by molar-refractivity contribution is 0.0510. The Morgan fingerprint density at radius 1 is 1.19 bits per heavy atom. The largest absolute Gasteiger partial charge is 0.472 e. The van der Waals surface area contributed by atoms with E-state index in [1.165, 1.54) is 18.2 Å². The van der Waals surface area contributed by atoms with E-state index in [0.717, 1.165) is 0 Å². The highest BCUT2D eigenvalue weighted by molar-refractivity contribution is 5.70. The second-order valence-corrected chi connectivity index (χ2v) is 6.09. The molecule has 0 spiro atoms. The van der Waals surface area contributed by atoms with Crippen LogP contribution in [0.15, 0.2) is 48.5 Å². The average Bonchev–Trinajstić information content (AvgIpc) is 2.65. The van der Waals surface area contributed by atoms with Gasteiger partial charge in [0.05, 0.1) is 5.69 Å². The number of halogens is 1. The van der Waals surface area contributed by atoms with E-state index in [9.17, 15) is 9.18 Å². The molecule has 0 aliphatic carbocycles. The van der Waals surface area contributed by atoms with Crippen molar-refractivity contribution in [3.8, 4) is 23.8 Å². The summed E-state index contributed by atoms with van der Waals surface area (Å²) in [6.45, 7) is 0.772. The van der Waals surface area contributed by atoms with Crippen LogP contribution in [0.1, 0.15) is 12.8 Å². The zero-order valence-electron chi connectivity index (χ0n) is 14.2. The maximum atomic E-state index is 13.2. The predicted octanol–water partition coefficient (Wildman–Crippen LogP) is 3.45. The summed E-state index contributed by atoms with van der Waals surface area (Å²) in [5, 5.41) is 0. The number of nitrogen functional groups attached to an aromatic ring is 1. The number of rotatable bonds is 3. The molecule has 1 amide bonds. The first kappa shape index (κ1) is 17.6. The topological polar surface area (TPSA) is 64.8 Å². The van der Waals surface area contributed by atoms with Crippen molar-refractivity contribution in [1.29, 1.82) is 0 Å². The summed E-state index contributed by atoms with van der Waals surface area (Å²) in [5.74, 6) is 3.05. The summed E-state index contributed by atoms with van der Waals surface area (Å²) >= 11 is 0. The summed E-state index contributed by atoms with van der Waals surface area (Å²) in [5.41, 5.74) is 5.09. The number of anilines is 1. The number of benzene rings is 2. The maximum Gasteiger partial charge on any atom is 0.415 e. The van der Waals surface area contributed by atoms with Gasteiger partial charge in [-0.05, 0) is 24.3 Å². The van der Waals surface area contributed by atoms with E-state index in [-0.39, 0.29) is 5.69 Å². The van der Waals surface area contributed by atoms with Crippen LogP contribution in [0.3, 0.4) is 0 Å². The number of terminal acetylenes is 1. The van der Waals surface area contributed by atoms with Crippen LogP contribution in [0.5, 0.6) is 11.5 Å². The van der Waals surface area contributed by atoms with Gasteiger partial charge in [0.1, 0.15) is 17.3 Å². The highest BCUT2D eigenvalue weighted by Crippen LogP contribution is 2.32. The summed E-state index contributed by atoms with van der Waals surface area (Å²) < 4.78 is 24.4. The van der Waals surface area contributed by atoms with Crippen molar-refractivity contribution in [3.05, 3.63) is 54.3 Å². The molecule has 0 saturated carbocycles. The fourth-order valence-corrected chi connectivity index (χ4v) is 2.80. The number of likely N-dealkylation sites (tertiary alicyclic amines) is 1. The van der Waals surface area contributed by atoms with Gasteiger partial charge in [0.15, 0.2) is 5.60 Å². The minimum atomic E-state index is -0.893. The number of hydrogen-bond acceptors (Lipinski definition) is 4. The first-order valence-electron chi connectivity index (χ1n) is 8.25. The highest BCUT2D eigenvalue weighted by Gasteiger charge is 2.37. The first-order chi connectivity index (χ1) is 12.5. The molecule has 5 nitrogen and oxygen atoms in total. The van der Waals surface area contributed by atoms with Crippen molar-refractivity contribution in [3.63, 3.8) is 0 Å². The molecular formula is C20H19FN2O3. The Bertz CT molecular complexity index is 825. The summed E-state index contributed by atoms with van der Waals surface area (Å²) in [6, 6.07) is 12.8. The molecule has 0 aromatic heterocycles. The van der Waals surface area contributed by atoms with Crippen LogP contribution < -0.4 is 15.2 Å². The molecule has 1 heterocycles. The smallest absolute Gasteiger partial charge is 0.415 e. The molecule has 0 bridgehead atoms. The lowest BCUT2D eigenvalue weighted by Gasteiger charge is -2.38. The zero-order valence-corrected chi connectivity index (χ0v) is 14.2. The normalized spacial score (nSPS) is 15.8. The van der Waals surface area contributed by atoms with E-state index >= 15 is 0 Å². The number of carbonyl (C=O) groups is 1. The van der Waals surface area contributed by atoms with Gasteiger partial charge in [-0.15, -0.1) is 6.42 Å². The number of nitrogens with two attached hydrogens (primary N) is 1. The van der Waals surface area contributed by atoms with Gasteiger partial charge in [-0.25, -0.2) is 9.18 Å². The van der Waals surface area contributed by atoms with Gasteiger partial charge in [-0.3, -0.25) is 0 Å². The van der Waals surface area contributed by atoms with Gasteiger partial charge in [-0.2, -0.15) is 0 Å². The van der Waals surface area contributed by atoms with E-state index in [1.54, 1.807) is 29.2 Å². The Morgan fingerprint density at radius 3 is 2.50 bits per heavy atom. The van der Waals surface area contributed by atoms with Gasteiger partial charge in [0.2, 0.25) is 0 Å². The third-order valence-electron chi connectivity index (χ3n) is 4.32. The molecule has 2 aromatic rings. The zero-order chi connectivity index (χ0) is 18.6. The quantitative estimate of drug-likeness (QED) is 0.677. The monoisotopic (exact) mass is 354 g/mol. The van der Waals surface area contributed by atoms with E-state index in [4.69, 9.17) is 21.6 Å². The standard InChI is InChI=1S/C20H19FN2O3/c1-2-20(26-18-9-8-15(21)14-17(18)22)10-12-23(13-11-20)19(24)25-16-6-4-3-5-7-16/h1,3-9,14H,10-13,22H2. The molecule has 2 aromatic carbocycles. The highest BCUT2D eigenvalue weighted by atomic mass is 19.1. The Morgan fingerprint density at radius 2 is 1.88 bits per heavy atom. The van der Waals surface area contributed by atoms with Crippen LogP contribution in [0.2, 0.25) is 0 Å². The number of amides is 1. The third kappa shape index (κ3) is 3.89. The third-order valence-corrected chi connectivity index (χ3v) is 4.32. The predicted molar refractivity (Wildman–Crippen MR) is 96.3 cm³/mol. The summed E-state index contributed by atoms with van der Waals surface area (Å²) in [4.78, 5) is 13.8. The Kier molecular flexibility index (Phi) is 4.99. The maximum absolute atomic E-state index is 13.2. The number of hydrogen-bond donors (Lipinski definition) is 1. The second kappa shape index (κ2) is 7.36. The van der Waals surface area contributed by atoms with Crippen LogP contribution >= 0.6 is 0 Å². The Labute approximate surface area is 151 Å². The molecule has 6 heteroatoms. The average molecular weight is 354 g/mol. The first-order valence-corrected chi connectivity index (χ1v) is 8.25. The van der Waals surface area contributed by atoms with Crippen LogP contribution in [0.4, 0.5) is 14.9 Å². The lowest BCUT2D eigenvalue weighted by atomic mass is 9.92. The summed E-state index contributed by atoms with van der Waals surface area (Å²) in [7, 11) is 0. The van der Waals surface area contributed by atoms with E-state index < -0.39 is 17.5 Å². The Balaban J connectivity index is 1.63. The van der Waals surface area contributed by atoms with Gasteiger partial charge in [0.25, 0.3) is 0 Å². The van der Waals surface area contributed by atoms with Gasteiger partial charge >= 0.3 is 6.09 Å². The minimum Gasteiger partial charge on any atom is -0.472 e.